The van der Waals surface area contributed by atoms with Crippen LogP contribution < -0.4 is 14.5 Å². The van der Waals surface area contributed by atoms with Crippen molar-refractivity contribution in [3.05, 3.63) is 41.6 Å². The minimum atomic E-state index is 0.0192. The number of rotatable bonds is 5. The molecule has 8 nitrogen and oxygen atoms in total. The Morgan fingerprint density at radius 3 is 2.47 bits per heavy atom. The zero-order valence-electron chi connectivity index (χ0n) is 17.7. The Morgan fingerprint density at radius 2 is 1.73 bits per heavy atom. The third-order valence-electron chi connectivity index (χ3n) is 5.52. The first-order chi connectivity index (χ1) is 14.6. The average Bonchev–Trinajstić information content (AvgIpc) is 2.78. The van der Waals surface area contributed by atoms with E-state index >= 15 is 0 Å². The number of carbonyl (C=O) groups is 1. The fourth-order valence-electron chi connectivity index (χ4n) is 3.74. The molecule has 2 aliphatic heterocycles. The Kier molecular flexibility index (Phi) is 6.32. The second-order valence-electron chi connectivity index (χ2n) is 7.69. The third kappa shape index (κ3) is 4.81. The molecule has 0 spiro atoms. The lowest BCUT2D eigenvalue weighted by molar-refractivity contribution is -0.133. The van der Waals surface area contributed by atoms with Crippen LogP contribution in [0, 0.1) is 13.8 Å². The highest BCUT2D eigenvalue weighted by Crippen LogP contribution is 2.20. The van der Waals surface area contributed by atoms with Gasteiger partial charge in [0.05, 0.1) is 13.2 Å². The first-order valence-electron chi connectivity index (χ1n) is 10.5. The molecule has 2 aromatic rings. The molecule has 0 N–H and O–H groups in total. The smallest absolute Gasteiger partial charge is 0.260 e. The fraction of sp³-hybridized carbons (Fsp3) is 0.500. The number of benzene rings is 1. The number of aryl methyl sites for hydroxylation is 2. The van der Waals surface area contributed by atoms with E-state index in [0.29, 0.717) is 26.3 Å². The van der Waals surface area contributed by atoms with Gasteiger partial charge >= 0.3 is 0 Å². The van der Waals surface area contributed by atoms with E-state index in [1.807, 2.05) is 49.1 Å². The van der Waals surface area contributed by atoms with Gasteiger partial charge in [0.15, 0.2) is 6.61 Å². The predicted octanol–water partition coefficient (Wildman–Crippen LogP) is 1.66. The molecule has 2 fully saturated rings. The van der Waals surface area contributed by atoms with E-state index in [-0.39, 0.29) is 12.5 Å². The van der Waals surface area contributed by atoms with Crippen LogP contribution in [0.4, 0.5) is 11.8 Å². The average molecular weight is 412 g/mol. The zero-order valence-corrected chi connectivity index (χ0v) is 17.7. The number of ether oxygens (including phenoxy) is 2. The molecule has 0 saturated carbocycles. The van der Waals surface area contributed by atoms with Crippen LogP contribution in [0.15, 0.2) is 30.3 Å². The number of hydrogen-bond acceptors (Lipinski definition) is 7. The van der Waals surface area contributed by atoms with Crippen molar-refractivity contribution < 1.29 is 14.3 Å². The molecule has 3 heterocycles. The Hall–Kier alpha value is -2.87. The van der Waals surface area contributed by atoms with Gasteiger partial charge in [-0.05, 0) is 25.5 Å². The first-order valence-corrected chi connectivity index (χ1v) is 10.5. The SMILES string of the molecule is Cc1cc(N2CCN(C(=O)COc3ccccc3C)CC2)nc(N2CCOCC2)n1. The van der Waals surface area contributed by atoms with Crippen molar-refractivity contribution in [2.24, 2.45) is 0 Å². The summed E-state index contributed by atoms with van der Waals surface area (Å²) < 4.78 is 11.2. The van der Waals surface area contributed by atoms with Crippen LogP contribution in [-0.2, 0) is 9.53 Å². The quantitative estimate of drug-likeness (QED) is 0.741. The molecule has 1 aromatic heterocycles. The van der Waals surface area contributed by atoms with Crippen LogP contribution in [-0.4, -0.2) is 79.9 Å². The zero-order chi connectivity index (χ0) is 20.9. The molecule has 30 heavy (non-hydrogen) atoms. The van der Waals surface area contributed by atoms with E-state index in [4.69, 9.17) is 14.5 Å². The number of anilines is 2. The van der Waals surface area contributed by atoms with Gasteiger partial charge in [0.2, 0.25) is 5.95 Å². The van der Waals surface area contributed by atoms with E-state index in [0.717, 1.165) is 55.0 Å². The second kappa shape index (κ2) is 9.30. The molecule has 160 valence electrons. The number of hydrogen-bond donors (Lipinski definition) is 0. The number of morpholine rings is 1. The maximum atomic E-state index is 12.6. The number of aromatic nitrogens is 2. The predicted molar refractivity (Wildman–Crippen MR) is 115 cm³/mol. The number of nitrogens with zero attached hydrogens (tertiary/aromatic N) is 5. The van der Waals surface area contributed by atoms with Gasteiger partial charge in [-0.15, -0.1) is 0 Å². The topological polar surface area (TPSA) is 71.0 Å². The Morgan fingerprint density at radius 1 is 1.00 bits per heavy atom. The Bertz CT molecular complexity index is 877. The van der Waals surface area contributed by atoms with Crippen molar-refractivity contribution in [3.63, 3.8) is 0 Å². The highest BCUT2D eigenvalue weighted by molar-refractivity contribution is 5.78. The Balaban J connectivity index is 1.33. The van der Waals surface area contributed by atoms with Crippen molar-refractivity contribution >= 4 is 17.7 Å². The molecular formula is C22H29N5O3. The van der Waals surface area contributed by atoms with E-state index < -0.39 is 0 Å². The van der Waals surface area contributed by atoms with Crippen molar-refractivity contribution in [1.29, 1.82) is 0 Å². The largest absolute Gasteiger partial charge is 0.484 e. The number of amides is 1. The molecular weight excluding hydrogens is 382 g/mol. The van der Waals surface area contributed by atoms with Crippen LogP contribution in [0.25, 0.3) is 0 Å². The molecule has 0 bridgehead atoms. The van der Waals surface area contributed by atoms with Gasteiger partial charge in [0.25, 0.3) is 5.91 Å². The normalized spacial score (nSPS) is 17.2. The van der Waals surface area contributed by atoms with Crippen LogP contribution >= 0.6 is 0 Å². The summed E-state index contributed by atoms with van der Waals surface area (Å²) in [6.07, 6.45) is 0. The lowest BCUT2D eigenvalue weighted by Crippen LogP contribution is -2.50. The molecule has 0 unspecified atom stereocenters. The van der Waals surface area contributed by atoms with Gasteiger partial charge in [0, 0.05) is 51.0 Å². The molecule has 4 rings (SSSR count). The van der Waals surface area contributed by atoms with Crippen molar-refractivity contribution in [1.82, 2.24) is 14.9 Å². The maximum absolute atomic E-state index is 12.6. The van der Waals surface area contributed by atoms with E-state index in [1.165, 1.54) is 0 Å². The minimum absolute atomic E-state index is 0.0192. The summed E-state index contributed by atoms with van der Waals surface area (Å²) >= 11 is 0. The third-order valence-corrected chi connectivity index (χ3v) is 5.52. The molecule has 8 heteroatoms. The summed E-state index contributed by atoms with van der Waals surface area (Å²) in [5, 5.41) is 0. The molecule has 2 aliphatic rings. The van der Waals surface area contributed by atoms with Crippen molar-refractivity contribution in [3.8, 4) is 5.75 Å². The standard InChI is InChI=1S/C22H29N5O3/c1-17-5-3-4-6-19(17)30-16-21(28)26-9-7-25(8-10-26)20-15-18(2)23-22(24-20)27-11-13-29-14-12-27/h3-6,15H,7-14,16H2,1-2H3. The first kappa shape index (κ1) is 20.4. The molecule has 0 atom stereocenters. The van der Waals surface area contributed by atoms with Crippen LogP contribution in [0.2, 0.25) is 0 Å². The minimum Gasteiger partial charge on any atom is -0.484 e. The summed E-state index contributed by atoms with van der Waals surface area (Å²) in [5.74, 6) is 2.47. The lowest BCUT2D eigenvalue weighted by Gasteiger charge is -2.36. The monoisotopic (exact) mass is 411 g/mol. The number of piperazine rings is 1. The molecule has 1 amide bonds. The summed E-state index contributed by atoms with van der Waals surface area (Å²) in [5.41, 5.74) is 1.98. The van der Waals surface area contributed by atoms with Gasteiger partial charge in [-0.1, -0.05) is 18.2 Å². The molecule has 0 aliphatic carbocycles. The summed E-state index contributed by atoms with van der Waals surface area (Å²) in [4.78, 5) is 28.2. The van der Waals surface area contributed by atoms with Crippen LogP contribution in [0.5, 0.6) is 5.75 Å². The molecule has 0 radical (unpaired) electrons. The Labute approximate surface area is 177 Å². The van der Waals surface area contributed by atoms with Crippen molar-refractivity contribution in [2.45, 2.75) is 13.8 Å². The molecule has 1 aromatic carbocycles. The van der Waals surface area contributed by atoms with Crippen molar-refractivity contribution in [2.75, 3.05) is 68.9 Å². The fourth-order valence-corrected chi connectivity index (χ4v) is 3.74. The van der Waals surface area contributed by atoms with Crippen LogP contribution in [0.3, 0.4) is 0 Å². The van der Waals surface area contributed by atoms with Gasteiger partial charge in [-0.3, -0.25) is 4.79 Å². The number of para-hydroxylation sites is 1. The summed E-state index contributed by atoms with van der Waals surface area (Å²) in [7, 11) is 0. The second-order valence-corrected chi connectivity index (χ2v) is 7.69. The highest BCUT2D eigenvalue weighted by Gasteiger charge is 2.24. The maximum Gasteiger partial charge on any atom is 0.260 e. The van der Waals surface area contributed by atoms with E-state index in [1.54, 1.807) is 0 Å². The lowest BCUT2D eigenvalue weighted by atomic mass is 10.2. The summed E-state index contributed by atoms with van der Waals surface area (Å²) in [6, 6.07) is 9.77. The highest BCUT2D eigenvalue weighted by atomic mass is 16.5. The molecule has 2 saturated heterocycles. The summed E-state index contributed by atoms with van der Waals surface area (Å²) in [6.45, 7) is 9.89. The van der Waals surface area contributed by atoms with Gasteiger partial charge in [-0.2, -0.15) is 4.98 Å². The van der Waals surface area contributed by atoms with Gasteiger partial charge in [-0.25, -0.2) is 4.98 Å². The van der Waals surface area contributed by atoms with Gasteiger partial charge in [0.1, 0.15) is 11.6 Å². The van der Waals surface area contributed by atoms with Crippen LogP contribution in [0.1, 0.15) is 11.3 Å². The van der Waals surface area contributed by atoms with E-state index in [2.05, 4.69) is 14.8 Å². The number of carbonyl (C=O) groups excluding carboxylic acids is 1. The van der Waals surface area contributed by atoms with E-state index in [9.17, 15) is 4.79 Å². The van der Waals surface area contributed by atoms with Gasteiger partial charge < -0.3 is 24.2 Å².